The molecule has 0 aliphatic heterocycles. The molecule has 0 saturated heterocycles. The molecule has 0 atom stereocenters. The zero-order chi connectivity index (χ0) is 8.20. The Kier molecular flexibility index (Phi) is 3.91. The van der Waals surface area contributed by atoms with Crippen LogP contribution < -0.4 is 11.5 Å². The molecule has 10 heavy (non-hydrogen) atoms. The molecule has 0 bridgehead atoms. The van der Waals surface area contributed by atoms with Gasteiger partial charge in [-0.3, -0.25) is 0 Å². The van der Waals surface area contributed by atoms with Crippen LogP contribution in [0.2, 0.25) is 0 Å². The van der Waals surface area contributed by atoms with Crippen molar-refractivity contribution in [2.75, 3.05) is 0 Å². The summed E-state index contributed by atoms with van der Waals surface area (Å²) in [6.45, 7) is 6.61. The first-order chi connectivity index (χ1) is 4.48. The first-order valence-electron chi connectivity index (χ1n) is 3.99. The van der Waals surface area contributed by atoms with E-state index < -0.39 is 0 Å². The molecular weight excluding hydrogens is 124 g/mol. The van der Waals surface area contributed by atoms with Gasteiger partial charge < -0.3 is 11.5 Å². The zero-order valence-corrected chi connectivity index (χ0v) is 7.35. The van der Waals surface area contributed by atoms with Crippen LogP contribution in [0, 0.1) is 5.41 Å². The van der Waals surface area contributed by atoms with Gasteiger partial charge in [-0.15, -0.1) is 0 Å². The van der Waals surface area contributed by atoms with E-state index in [4.69, 9.17) is 11.5 Å². The van der Waals surface area contributed by atoms with Crippen molar-refractivity contribution < 1.29 is 0 Å². The van der Waals surface area contributed by atoms with Crippen LogP contribution in [0.3, 0.4) is 0 Å². The van der Waals surface area contributed by atoms with Gasteiger partial charge in [0.05, 0.1) is 6.17 Å². The van der Waals surface area contributed by atoms with Gasteiger partial charge in [0.15, 0.2) is 0 Å². The maximum Gasteiger partial charge on any atom is 0.0526 e. The van der Waals surface area contributed by atoms with E-state index in [0.29, 0.717) is 5.41 Å². The van der Waals surface area contributed by atoms with Gasteiger partial charge in [0.25, 0.3) is 0 Å². The molecule has 0 rings (SSSR count). The standard InChI is InChI=1S/C8H20N2/c1-4-5-8(2,3)6-7(9)10/h7H,4-6,9-10H2,1-3H3. The lowest BCUT2D eigenvalue weighted by Crippen LogP contribution is -2.35. The SMILES string of the molecule is CCCC(C)(C)CC(N)N. The van der Waals surface area contributed by atoms with Crippen LogP contribution in [0.4, 0.5) is 0 Å². The van der Waals surface area contributed by atoms with Gasteiger partial charge in [-0.25, -0.2) is 0 Å². The molecular formula is C8H20N2. The largest absolute Gasteiger partial charge is 0.316 e. The molecule has 2 heteroatoms. The highest BCUT2D eigenvalue weighted by atomic mass is 14.8. The Morgan fingerprint density at radius 3 is 2.10 bits per heavy atom. The van der Waals surface area contributed by atoms with Crippen LogP contribution in [-0.2, 0) is 0 Å². The minimum atomic E-state index is -0.151. The highest BCUT2D eigenvalue weighted by Crippen LogP contribution is 2.26. The van der Waals surface area contributed by atoms with E-state index in [1.165, 1.54) is 12.8 Å². The van der Waals surface area contributed by atoms with Crippen LogP contribution in [0.15, 0.2) is 0 Å². The van der Waals surface area contributed by atoms with E-state index in [9.17, 15) is 0 Å². The molecule has 62 valence electrons. The molecule has 0 saturated carbocycles. The first-order valence-corrected chi connectivity index (χ1v) is 3.99. The normalized spacial score (nSPS) is 12.6. The Labute approximate surface area is 64.0 Å². The van der Waals surface area contributed by atoms with Crippen molar-refractivity contribution >= 4 is 0 Å². The quantitative estimate of drug-likeness (QED) is 0.587. The molecule has 0 heterocycles. The fraction of sp³-hybridized carbons (Fsp3) is 1.00. The summed E-state index contributed by atoms with van der Waals surface area (Å²) in [5.41, 5.74) is 11.3. The molecule has 0 unspecified atom stereocenters. The van der Waals surface area contributed by atoms with E-state index in [-0.39, 0.29) is 6.17 Å². The number of nitrogens with two attached hydrogens (primary N) is 2. The molecule has 0 aromatic heterocycles. The van der Waals surface area contributed by atoms with Gasteiger partial charge in [0.2, 0.25) is 0 Å². The highest BCUT2D eigenvalue weighted by molar-refractivity contribution is 4.71. The third-order valence-electron chi connectivity index (χ3n) is 1.72. The van der Waals surface area contributed by atoms with Gasteiger partial charge >= 0.3 is 0 Å². The van der Waals surface area contributed by atoms with Crippen LogP contribution in [0.5, 0.6) is 0 Å². The van der Waals surface area contributed by atoms with Crippen molar-refractivity contribution in [3.8, 4) is 0 Å². The fourth-order valence-corrected chi connectivity index (χ4v) is 1.42. The summed E-state index contributed by atoms with van der Waals surface area (Å²) in [6, 6.07) is 0. The molecule has 0 aromatic carbocycles. The summed E-state index contributed by atoms with van der Waals surface area (Å²) >= 11 is 0. The summed E-state index contributed by atoms with van der Waals surface area (Å²) in [5.74, 6) is 0. The average molecular weight is 144 g/mol. The van der Waals surface area contributed by atoms with Gasteiger partial charge in [0, 0.05) is 0 Å². The van der Waals surface area contributed by atoms with Crippen molar-refractivity contribution in [1.29, 1.82) is 0 Å². The van der Waals surface area contributed by atoms with Crippen molar-refractivity contribution in [3.05, 3.63) is 0 Å². The Balaban J connectivity index is 3.63. The lowest BCUT2D eigenvalue weighted by Gasteiger charge is -2.25. The Hall–Kier alpha value is -0.0800. The second-order valence-electron chi connectivity index (χ2n) is 3.78. The summed E-state index contributed by atoms with van der Waals surface area (Å²) in [4.78, 5) is 0. The summed E-state index contributed by atoms with van der Waals surface area (Å²) in [5, 5.41) is 0. The van der Waals surface area contributed by atoms with Crippen LogP contribution >= 0.6 is 0 Å². The third kappa shape index (κ3) is 4.77. The molecule has 0 fully saturated rings. The number of rotatable bonds is 4. The molecule has 0 spiro atoms. The van der Waals surface area contributed by atoms with Gasteiger partial charge in [-0.1, -0.05) is 27.2 Å². The van der Waals surface area contributed by atoms with Crippen molar-refractivity contribution in [1.82, 2.24) is 0 Å². The molecule has 2 nitrogen and oxygen atoms in total. The zero-order valence-electron chi connectivity index (χ0n) is 7.35. The van der Waals surface area contributed by atoms with Gasteiger partial charge in [-0.2, -0.15) is 0 Å². The van der Waals surface area contributed by atoms with Crippen LogP contribution in [0.25, 0.3) is 0 Å². The van der Waals surface area contributed by atoms with Crippen LogP contribution in [-0.4, -0.2) is 6.17 Å². The predicted octanol–water partition coefficient (Wildman–Crippen LogP) is 1.45. The molecule has 0 radical (unpaired) electrons. The Morgan fingerprint density at radius 1 is 1.30 bits per heavy atom. The smallest absolute Gasteiger partial charge is 0.0526 e. The highest BCUT2D eigenvalue weighted by Gasteiger charge is 2.17. The second-order valence-corrected chi connectivity index (χ2v) is 3.78. The predicted molar refractivity (Wildman–Crippen MR) is 45.5 cm³/mol. The van der Waals surface area contributed by atoms with Gasteiger partial charge in [0.1, 0.15) is 0 Å². The summed E-state index contributed by atoms with van der Waals surface area (Å²) < 4.78 is 0. The molecule has 0 aliphatic carbocycles. The van der Waals surface area contributed by atoms with E-state index >= 15 is 0 Å². The van der Waals surface area contributed by atoms with Crippen molar-refractivity contribution in [2.45, 2.75) is 46.2 Å². The monoisotopic (exact) mass is 144 g/mol. The Bertz CT molecular complexity index is 87.3. The van der Waals surface area contributed by atoms with E-state index in [1.807, 2.05) is 0 Å². The summed E-state index contributed by atoms with van der Waals surface area (Å²) in [7, 11) is 0. The van der Waals surface area contributed by atoms with E-state index in [0.717, 1.165) is 6.42 Å². The minimum absolute atomic E-state index is 0.151. The molecule has 0 aliphatic rings. The second kappa shape index (κ2) is 3.94. The van der Waals surface area contributed by atoms with Crippen LogP contribution in [0.1, 0.15) is 40.0 Å². The number of hydrogen-bond donors (Lipinski definition) is 2. The maximum atomic E-state index is 5.49. The van der Waals surface area contributed by atoms with E-state index in [1.54, 1.807) is 0 Å². The first kappa shape index (κ1) is 9.92. The van der Waals surface area contributed by atoms with Crippen molar-refractivity contribution in [3.63, 3.8) is 0 Å². The topological polar surface area (TPSA) is 52.0 Å². The van der Waals surface area contributed by atoms with E-state index in [2.05, 4.69) is 20.8 Å². The fourth-order valence-electron chi connectivity index (χ4n) is 1.42. The maximum absolute atomic E-state index is 5.49. The Morgan fingerprint density at radius 2 is 1.80 bits per heavy atom. The lowest BCUT2D eigenvalue weighted by atomic mass is 9.84. The van der Waals surface area contributed by atoms with Crippen molar-refractivity contribution in [2.24, 2.45) is 16.9 Å². The van der Waals surface area contributed by atoms with Gasteiger partial charge in [-0.05, 0) is 18.3 Å². The number of hydrogen-bond acceptors (Lipinski definition) is 2. The molecule has 4 N–H and O–H groups in total. The molecule has 0 amide bonds. The average Bonchev–Trinajstić information content (AvgIpc) is 1.59. The minimum Gasteiger partial charge on any atom is -0.316 e. The summed E-state index contributed by atoms with van der Waals surface area (Å²) in [6.07, 6.45) is 3.18. The lowest BCUT2D eigenvalue weighted by molar-refractivity contribution is 0.280. The third-order valence-corrected chi connectivity index (χ3v) is 1.72. The molecule has 0 aromatic rings.